The number of benzene rings is 1. The zero-order chi connectivity index (χ0) is 16.5. The smallest absolute Gasteiger partial charge is 0.118 e. The molecule has 0 amide bonds. The third-order valence-corrected chi connectivity index (χ3v) is 9.25. The molecule has 2 saturated heterocycles. The van der Waals surface area contributed by atoms with Crippen LogP contribution in [0.15, 0.2) is 24.3 Å². The van der Waals surface area contributed by atoms with Crippen LogP contribution in [0, 0.1) is 0 Å². The van der Waals surface area contributed by atoms with Gasteiger partial charge in [-0.15, -0.1) is 12.2 Å². The fourth-order valence-electron chi connectivity index (χ4n) is 2.89. The standard InChI is InChI=1S/C12H18NOPS2.C5H11N/c1-14-11-5-7-12(8-6-11)15(16,17)13-9-3-2-4-10-13;1-2-4-6-5-3-1/h5-8H,2-4,9-10H2,1H3,(H,16,17);6H,1-5H2. The molecule has 1 aromatic rings. The number of hydrogen-bond donors (Lipinski definition) is 2. The van der Waals surface area contributed by atoms with Crippen molar-refractivity contribution in [2.45, 2.75) is 38.5 Å². The molecule has 130 valence electrons. The van der Waals surface area contributed by atoms with Gasteiger partial charge in [0, 0.05) is 18.4 Å². The molecule has 1 N–H and O–H groups in total. The highest BCUT2D eigenvalue weighted by molar-refractivity contribution is 8.65. The first-order chi connectivity index (χ1) is 11.1. The summed E-state index contributed by atoms with van der Waals surface area (Å²) in [6.07, 6.45) is 8.03. The quantitative estimate of drug-likeness (QED) is 0.623. The van der Waals surface area contributed by atoms with Crippen molar-refractivity contribution in [1.29, 1.82) is 0 Å². The highest BCUT2D eigenvalue weighted by Gasteiger charge is 2.25. The highest BCUT2D eigenvalue weighted by Crippen LogP contribution is 2.54. The van der Waals surface area contributed by atoms with E-state index >= 15 is 0 Å². The first kappa shape index (κ1) is 19.3. The van der Waals surface area contributed by atoms with Crippen molar-refractivity contribution in [3.63, 3.8) is 0 Å². The molecule has 0 saturated carbocycles. The number of ether oxygens (including phenoxy) is 1. The molecular formula is C17H29N2OPS2. The van der Waals surface area contributed by atoms with E-state index in [1.54, 1.807) is 7.11 Å². The molecule has 2 aliphatic rings. The van der Waals surface area contributed by atoms with Crippen LogP contribution in [-0.2, 0) is 11.8 Å². The van der Waals surface area contributed by atoms with E-state index in [0.717, 1.165) is 18.8 Å². The van der Waals surface area contributed by atoms with Gasteiger partial charge in [-0.2, -0.15) is 0 Å². The van der Waals surface area contributed by atoms with Gasteiger partial charge in [-0.1, -0.05) is 24.6 Å². The number of hydrogen-bond acceptors (Lipinski definition) is 3. The van der Waals surface area contributed by atoms with Crippen LogP contribution >= 0.6 is 17.6 Å². The van der Waals surface area contributed by atoms with E-state index in [2.05, 4.69) is 22.1 Å². The summed E-state index contributed by atoms with van der Waals surface area (Å²) in [5.41, 5.74) is 0. The number of rotatable bonds is 3. The normalized spacial score (nSPS) is 21.7. The van der Waals surface area contributed by atoms with E-state index in [0.29, 0.717) is 0 Å². The minimum absolute atomic E-state index is 0.871. The zero-order valence-corrected chi connectivity index (χ0v) is 16.6. The predicted octanol–water partition coefficient (Wildman–Crippen LogP) is 3.81. The first-order valence-corrected chi connectivity index (χ1v) is 12.5. The minimum atomic E-state index is -1.85. The Morgan fingerprint density at radius 1 is 1.00 bits per heavy atom. The van der Waals surface area contributed by atoms with Crippen LogP contribution in [0.3, 0.4) is 0 Å². The van der Waals surface area contributed by atoms with Gasteiger partial charge in [0.05, 0.1) is 12.5 Å². The predicted molar refractivity (Wildman–Crippen MR) is 108 cm³/mol. The number of nitrogens with zero attached hydrogens (tertiary/aromatic N) is 1. The number of thiol groups is 1. The third-order valence-electron chi connectivity index (χ3n) is 4.33. The highest BCUT2D eigenvalue weighted by atomic mass is 32.9. The van der Waals surface area contributed by atoms with Gasteiger partial charge >= 0.3 is 0 Å². The second kappa shape index (κ2) is 10.0. The Bertz CT molecular complexity index is 488. The number of piperidine rings is 2. The van der Waals surface area contributed by atoms with Crippen molar-refractivity contribution in [2.75, 3.05) is 33.3 Å². The lowest BCUT2D eigenvalue weighted by atomic mass is 10.2. The lowest BCUT2D eigenvalue weighted by Gasteiger charge is -2.34. The Kier molecular flexibility index (Phi) is 8.42. The Hall–Kier alpha value is -0.0600. The van der Waals surface area contributed by atoms with Gasteiger partial charge in [0.2, 0.25) is 0 Å². The van der Waals surface area contributed by atoms with E-state index in [1.807, 2.05) is 12.1 Å². The Balaban J connectivity index is 0.000000268. The Morgan fingerprint density at radius 3 is 2.00 bits per heavy atom. The molecule has 2 heterocycles. The molecule has 0 bridgehead atoms. The Labute approximate surface area is 151 Å². The summed E-state index contributed by atoms with van der Waals surface area (Å²) in [6.45, 7) is 4.68. The largest absolute Gasteiger partial charge is 0.497 e. The van der Waals surface area contributed by atoms with Crippen LogP contribution in [0.5, 0.6) is 5.75 Å². The maximum absolute atomic E-state index is 5.77. The van der Waals surface area contributed by atoms with Gasteiger partial charge in [-0.3, -0.25) is 4.67 Å². The Morgan fingerprint density at radius 2 is 1.57 bits per heavy atom. The SMILES string of the molecule is C1CCNCC1.COc1ccc(P(=S)(S)N2CCCCC2)cc1. The van der Waals surface area contributed by atoms with Crippen LogP contribution in [-0.4, -0.2) is 38.0 Å². The summed E-state index contributed by atoms with van der Waals surface area (Å²) in [4.78, 5) is 0. The summed E-state index contributed by atoms with van der Waals surface area (Å²) in [5.74, 6) is 0.871. The summed E-state index contributed by atoms with van der Waals surface area (Å²) < 4.78 is 7.55. The molecule has 0 aromatic heterocycles. The van der Waals surface area contributed by atoms with E-state index < -0.39 is 5.39 Å². The summed E-state index contributed by atoms with van der Waals surface area (Å²) in [5, 5.41) is 2.60. The van der Waals surface area contributed by atoms with Crippen molar-refractivity contribution >= 4 is 34.8 Å². The average molecular weight is 373 g/mol. The topological polar surface area (TPSA) is 24.5 Å². The minimum Gasteiger partial charge on any atom is -0.497 e. The molecular weight excluding hydrogens is 343 g/mol. The molecule has 6 heteroatoms. The van der Waals surface area contributed by atoms with E-state index in [-0.39, 0.29) is 0 Å². The average Bonchev–Trinajstić information content (AvgIpc) is 2.64. The fraction of sp³-hybridized carbons (Fsp3) is 0.647. The number of nitrogens with one attached hydrogen (secondary N) is 1. The van der Waals surface area contributed by atoms with E-state index in [4.69, 9.17) is 28.8 Å². The molecule has 3 rings (SSSR count). The van der Waals surface area contributed by atoms with Gasteiger partial charge in [0.1, 0.15) is 5.75 Å². The van der Waals surface area contributed by atoms with E-state index in [9.17, 15) is 0 Å². The molecule has 23 heavy (non-hydrogen) atoms. The van der Waals surface area contributed by atoms with Crippen LogP contribution in [0.2, 0.25) is 0 Å². The van der Waals surface area contributed by atoms with Crippen LogP contribution in [0.25, 0.3) is 0 Å². The van der Waals surface area contributed by atoms with Crippen LogP contribution in [0.1, 0.15) is 38.5 Å². The molecule has 1 unspecified atom stereocenters. The molecule has 2 aliphatic heterocycles. The third kappa shape index (κ3) is 6.06. The second-order valence-electron chi connectivity index (χ2n) is 6.07. The maximum atomic E-state index is 5.77. The van der Waals surface area contributed by atoms with Crippen LogP contribution < -0.4 is 15.4 Å². The summed E-state index contributed by atoms with van der Waals surface area (Å²) in [7, 11) is 1.68. The summed E-state index contributed by atoms with van der Waals surface area (Å²) >= 11 is 10.6. The molecule has 0 radical (unpaired) electrons. The van der Waals surface area contributed by atoms with Gasteiger partial charge in [-0.05, 0) is 63.0 Å². The van der Waals surface area contributed by atoms with Gasteiger partial charge in [0.25, 0.3) is 0 Å². The number of methoxy groups -OCH3 is 1. The zero-order valence-electron chi connectivity index (χ0n) is 14.0. The van der Waals surface area contributed by atoms with Gasteiger partial charge < -0.3 is 10.1 Å². The second-order valence-corrected chi connectivity index (χ2v) is 12.4. The maximum Gasteiger partial charge on any atom is 0.118 e. The molecule has 0 spiro atoms. The van der Waals surface area contributed by atoms with E-state index in [1.165, 1.54) is 56.9 Å². The lowest BCUT2D eigenvalue weighted by Crippen LogP contribution is -2.28. The molecule has 1 atom stereocenters. The first-order valence-electron chi connectivity index (χ1n) is 8.58. The molecule has 2 fully saturated rings. The lowest BCUT2D eigenvalue weighted by molar-refractivity contribution is 0.375. The van der Waals surface area contributed by atoms with Crippen molar-refractivity contribution in [3.05, 3.63) is 24.3 Å². The summed E-state index contributed by atoms with van der Waals surface area (Å²) in [6, 6.07) is 8.05. The molecule has 1 aromatic carbocycles. The van der Waals surface area contributed by atoms with Crippen molar-refractivity contribution in [1.82, 2.24) is 9.99 Å². The fourth-order valence-corrected chi connectivity index (χ4v) is 6.37. The van der Waals surface area contributed by atoms with Crippen molar-refractivity contribution in [2.24, 2.45) is 0 Å². The molecule has 3 nitrogen and oxygen atoms in total. The van der Waals surface area contributed by atoms with Crippen molar-refractivity contribution in [3.8, 4) is 5.75 Å². The monoisotopic (exact) mass is 372 g/mol. The van der Waals surface area contributed by atoms with Gasteiger partial charge in [0.15, 0.2) is 0 Å². The molecule has 0 aliphatic carbocycles. The van der Waals surface area contributed by atoms with Gasteiger partial charge in [-0.25, -0.2) is 0 Å². The van der Waals surface area contributed by atoms with Crippen LogP contribution in [0.4, 0.5) is 0 Å². The van der Waals surface area contributed by atoms with Crippen molar-refractivity contribution < 1.29 is 4.74 Å².